The van der Waals surface area contributed by atoms with Crippen LogP contribution in [0.15, 0.2) is 54.7 Å². The SMILES string of the molecule is Cc1cnsc1[C@]1(CNC(=O)c2ccccc2-c2ccc(C(F)(F)F)cc2)NC(=O)NC1=O. The first-order valence-electron chi connectivity index (χ1n) is 9.72. The van der Waals surface area contributed by atoms with Crippen LogP contribution in [0.2, 0.25) is 0 Å². The Morgan fingerprint density at radius 3 is 2.39 bits per heavy atom. The standard InChI is InChI=1S/C22H17F3N4O3S/c1-12-10-27-33-17(12)21(19(31)28-20(32)29-21)11-26-18(30)16-5-3-2-4-15(16)13-6-8-14(9-7-13)22(23,24)25/h2-10H,11H2,1H3,(H,26,30)(H2,28,29,31,32)/t21-/m0/s1. The Balaban J connectivity index is 1.61. The quantitative estimate of drug-likeness (QED) is 0.492. The maximum atomic E-state index is 13.1. The number of rotatable bonds is 5. The van der Waals surface area contributed by atoms with Gasteiger partial charge in [0.2, 0.25) is 0 Å². The Labute approximate surface area is 190 Å². The van der Waals surface area contributed by atoms with Crippen LogP contribution < -0.4 is 16.0 Å². The van der Waals surface area contributed by atoms with Crippen molar-refractivity contribution in [1.82, 2.24) is 20.3 Å². The average Bonchev–Trinajstić information content (AvgIpc) is 3.34. The van der Waals surface area contributed by atoms with Gasteiger partial charge in [-0.25, -0.2) is 9.17 Å². The lowest BCUT2D eigenvalue weighted by atomic mass is 9.94. The van der Waals surface area contributed by atoms with Crippen LogP contribution in [0.3, 0.4) is 0 Å². The number of carbonyl (C=O) groups is 3. The number of nitrogens with one attached hydrogen (secondary N) is 3. The Kier molecular flexibility index (Phi) is 5.66. The van der Waals surface area contributed by atoms with Crippen LogP contribution in [0, 0.1) is 6.92 Å². The summed E-state index contributed by atoms with van der Waals surface area (Å²) in [6, 6.07) is 10.2. The molecule has 11 heteroatoms. The third-order valence-corrected chi connectivity index (χ3v) is 6.35. The predicted molar refractivity (Wildman–Crippen MR) is 114 cm³/mol. The van der Waals surface area contributed by atoms with Gasteiger partial charge in [0.1, 0.15) is 0 Å². The molecule has 7 nitrogen and oxygen atoms in total. The van der Waals surface area contributed by atoms with E-state index in [1.165, 1.54) is 18.2 Å². The van der Waals surface area contributed by atoms with Crippen LogP contribution in [0.1, 0.15) is 26.4 Å². The second kappa shape index (κ2) is 8.32. The number of benzene rings is 2. The number of imide groups is 1. The minimum absolute atomic E-state index is 0.207. The molecule has 3 aromatic rings. The van der Waals surface area contributed by atoms with Gasteiger partial charge in [-0.05, 0) is 53.3 Å². The fourth-order valence-electron chi connectivity index (χ4n) is 3.64. The summed E-state index contributed by atoms with van der Waals surface area (Å²) in [6.07, 6.45) is -2.91. The smallest absolute Gasteiger partial charge is 0.349 e. The summed E-state index contributed by atoms with van der Waals surface area (Å²) >= 11 is 1.03. The topological polar surface area (TPSA) is 100 Å². The van der Waals surface area contributed by atoms with E-state index < -0.39 is 35.1 Å². The molecule has 0 radical (unpaired) electrons. The van der Waals surface area contributed by atoms with E-state index in [1.54, 1.807) is 31.3 Å². The molecule has 0 bridgehead atoms. The largest absolute Gasteiger partial charge is 0.416 e. The molecule has 170 valence electrons. The summed E-state index contributed by atoms with van der Waals surface area (Å²) in [7, 11) is 0. The first-order valence-corrected chi connectivity index (χ1v) is 10.5. The third kappa shape index (κ3) is 4.19. The van der Waals surface area contributed by atoms with Crippen LogP contribution >= 0.6 is 11.5 Å². The van der Waals surface area contributed by atoms with Crippen LogP contribution in [0.5, 0.6) is 0 Å². The number of carbonyl (C=O) groups excluding carboxylic acids is 3. The highest BCUT2D eigenvalue weighted by Crippen LogP contribution is 2.33. The van der Waals surface area contributed by atoms with E-state index in [-0.39, 0.29) is 12.1 Å². The maximum absolute atomic E-state index is 13.1. The zero-order valence-electron chi connectivity index (χ0n) is 17.1. The van der Waals surface area contributed by atoms with Crippen molar-refractivity contribution in [3.05, 3.63) is 76.3 Å². The fraction of sp³-hybridized carbons (Fsp3) is 0.182. The number of hydrogen-bond acceptors (Lipinski definition) is 5. The van der Waals surface area contributed by atoms with Crippen molar-refractivity contribution >= 4 is 29.4 Å². The normalized spacial score (nSPS) is 18.1. The van der Waals surface area contributed by atoms with Crippen LogP contribution in [0.25, 0.3) is 11.1 Å². The van der Waals surface area contributed by atoms with E-state index in [2.05, 4.69) is 20.3 Å². The van der Waals surface area contributed by atoms with Gasteiger partial charge in [0, 0.05) is 11.8 Å². The van der Waals surface area contributed by atoms with Gasteiger partial charge in [-0.1, -0.05) is 30.3 Å². The number of hydrogen-bond donors (Lipinski definition) is 3. The molecule has 1 aliphatic rings. The van der Waals surface area contributed by atoms with Gasteiger partial charge in [0.05, 0.1) is 17.0 Å². The summed E-state index contributed by atoms with van der Waals surface area (Å²) < 4.78 is 42.7. The fourth-order valence-corrected chi connectivity index (χ4v) is 4.52. The first kappa shape index (κ1) is 22.5. The monoisotopic (exact) mass is 474 g/mol. The molecular weight excluding hydrogens is 457 g/mol. The van der Waals surface area contributed by atoms with E-state index in [0.717, 1.165) is 23.7 Å². The van der Waals surface area contributed by atoms with Crippen molar-refractivity contribution in [2.24, 2.45) is 0 Å². The summed E-state index contributed by atoms with van der Waals surface area (Å²) in [5.41, 5.74) is -0.574. The van der Waals surface area contributed by atoms with Crippen LogP contribution in [0.4, 0.5) is 18.0 Å². The molecule has 2 aromatic carbocycles. The van der Waals surface area contributed by atoms with Gasteiger partial charge in [-0.3, -0.25) is 14.9 Å². The average molecular weight is 474 g/mol. The molecule has 1 aliphatic heterocycles. The predicted octanol–water partition coefficient (Wildman–Crippen LogP) is 3.60. The van der Waals surface area contributed by atoms with Gasteiger partial charge in [0.25, 0.3) is 11.8 Å². The zero-order chi connectivity index (χ0) is 23.8. The molecule has 1 saturated heterocycles. The number of urea groups is 1. The van der Waals surface area contributed by atoms with E-state index in [1.807, 2.05) is 0 Å². The Morgan fingerprint density at radius 2 is 1.82 bits per heavy atom. The molecule has 0 aliphatic carbocycles. The van der Waals surface area contributed by atoms with Crippen molar-refractivity contribution in [1.29, 1.82) is 0 Å². The Hall–Kier alpha value is -3.73. The molecule has 1 fully saturated rings. The number of halogens is 3. The lowest BCUT2D eigenvalue weighted by Gasteiger charge is -2.25. The highest BCUT2D eigenvalue weighted by atomic mass is 32.1. The van der Waals surface area contributed by atoms with Crippen molar-refractivity contribution in [2.45, 2.75) is 18.6 Å². The Bertz CT molecular complexity index is 1240. The van der Waals surface area contributed by atoms with Gasteiger partial charge < -0.3 is 10.6 Å². The number of aryl methyl sites for hydroxylation is 1. The molecule has 0 spiro atoms. The highest BCUT2D eigenvalue weighted by molar-refractivity contribution is 7.06. The van der Waals surface area contributed by atoms with Gasteiger partial charge in [-0.2, -0.15) is 13.2 Å². The van der Waals surface area contributed by atoms with Crippen molar-refractivity contribution in [3.63, 3.8) is 0 Å². The van der Waals surface area contributed by atoms with E-state index in [0.29, 0.717) is 21.6 Å². The number of amides is 4. The van der Waals surface area contributed by atoms with E-state index in [4.69, 9.17) is 0 Å². The molecular formula is C22H17F3N4O3S. The lowest BCUT2D eigenvalue weighted by Crippen LogP contribution is -2.52. The van der Waals surface area contributed by atoms with Gasteiger partial charge in [0.15, 0.2) is 5.54 Å². The van der Waals surface area contributed by atoms with Crippen molar-refractivity contribution in [2.75, 3.05) is 6.54 Å². The number of alkyl halides is 3. The molecule has 1 aromatic heterocycles. The second-order valence-electron chi connectivity index (χ2n) is 7.45. The van der Waals surface area contributed by atoms with Crippen molar-refractivity contribution in [3.8, 4) is 11.1 Å². The Morgan fingerprint density at radius 1 is 1.12 bits per heavy atom. The first-order chi connectivity index (χ1) is 15.6. The lowest BCUT2D eigenvalue weighted by molar-refractivity contribution is -0.137. The van der Waals surface area contributed by atoms with Crippen LogP contribution in [-0.4, -0.2) is 28.8 Å². The molecule has 33 heavy (non-hydrogen) atoms. The summed E-state index contributed by atoms with van der Waals surface area (Å²) in [6.45, 7) is 1.49. The van der Waals surface area contributed by atoms with E-state index in [9.17, 15) is 27.6 Å². The summed E-state index contributed by atoms with van der Waals surface area (Å²) in [4.78, 5) is 38.1. The van der Waals surface area contributed by atoms with Crippen LogP contribution in [-0.2, 0) is 16.5 Å². The zero-order valence-corrected chi connectivity index (χ0v) is 17.9. The van der Waals surface area contributed by atoms with Crippen molar-refractivity contribution < 1.29 is 27.6 Å². The molecule has 0 saturated carbocycles. The molecule has 1 atom stereocenters. The minimum Gasteiger partial charge on any atom is -0.349 e. The molecule has 2 heterocycles. The summed E-state index contributed by atoms with van der Waals surface area (Å²) in [5.74, 6) is -1.17. The van der Waals surface area contributed by atoms with Gasteiger partial charge >= 0.3 is 12.2 Å². The highest BCUT2D eigenvalue weighted by Gasteiger charge is 2.50. The minimum atomic E-state index is -4.47. The van der Waals surface area contributed by atoms with Gasteiger partial charge in [-0.15, -0.1) is 0 Å². The molecule has 4 amide bonds. The molecule has 0 unspecified atom stereocenters. The molecule has 3 N–H and O–H groups in total. The van der Waals surface area contributed by atoms with E-state index >= 15 is 0 Å². The number of nitrogens with zero attached hydrogens (tertiary/aromatic N) is 1. The number of aromatic nitrogens is 1. The third-order valence-electron chi connectivity index (χ3n) is 5.29. The maximum Gasteiger partial charge on any atom is 0.416 e. The molecule has 4 rings (SSSR count). The summed E-state index contributed by atoms with van der Waals surface area (Å²) in [5, 5.41) is 7.45. The second-order valence-corrected chi connectivity index (χ2v) is 8.26.